The molecule has 152 valence electrons. The van der Waals surface area contributed by atoms with Crippen LogP contribution in [0.25, 0.3) is 0 Å². The molecule has 0 aliphatic rings. The second-order valence-electron chi connectivity index (χ2n) is 7.12. The molecule has 3 aromatic rings. The van der Waals surface area contributed by atoms with Gasteiger partial charge in [0, 0.05) is 34.7 Å². The molecule has 0 aliphatic carbocycles. The number of allylic oxidation sites excluding steroid dienone is 2. The maximum Gasteiger partial charge on any atom is 0.255 e. The predicted molar refractivity (Wildman–Crippen MR) is 123 cm³/mol. The summed E-state index contributed by atoms with van der Waals surface area (Å²) < 4.78 is 0. The molecule has 0 bridgehead atoms. The Hall–Kier alpha value is -3.66. The second kappa shape index (κ2) is 9.70. The summed E-state index contributed by atoms with van der Waals surface area (Å²) in [4.78, 5) is 25.7. The highest BCUT2D eigenvalue weighted by Gasteiger charge is 2.16. The fourth-order valence-electron chi connectivity index (χ4n) is 3.25. The van der Waals surface area contributed by atoms with E-state index in [1.165, 1.54) is 0 Å². The zero-order chi connectivity index (χ0) is 21.5. The standard InChI is InChI=1S/C26H26N2O2/c1-4-20(3)28(24-8-6-5-7-9-24)25-18-22(13-10-19(25)2)26(30)27-23-14-11-21(12-15-23)16-17-29/h4-15,17-18H,16H2,1-3H3,(H,27,30)/b20-4-. The molecular weight excluding hydrogens is 372 g/mol. The third-order valence-corrected chi connectivity index (χ3v) is 5.03. The Morgan fingerprint density at radius 3 is 2.33 bits per heavy atom. The molecule has 3 rings (SSSR count). The van der Waals surface area contributed by atoms with Gasteiger partial charge < -0.3 is 15.0 Å². The first-order valence-electron chi connectivity index (χ1n) is 9.96. The van der Waals surface area contributed by atoms with Gasteiger partial charge in [0.2, 0.25) is 0 Å². The molecule has 0 spiro atoms. The van der Waals surface area contributed by atoms with E-state index in [0.29, 0.717) is 17.7 Å². The zero-order valence-electron chi connectivity index (χ0n) is 17.6. The maximum atomic E-state index is 12.9. The van der Waals surface area contributed by atoms with Crippen molar-refractivity contribution < 1.29 is 9.59 Å². The smallest absolute Gasteiger partial charge is 0.255 e. The molecule has 0 saturated heterocycles. The summed E-state index contributed by atoms with van der Waals surface area (Å²) in [5.41, 5.74) is 6.35. The number of anilines is 3. The quantitative estimate of drug-likeness (QED) is 0.493. The molecule has 3 aromatic carbocycles. The van der Waals surface area contributed by atoms with Crippen LogP contribution in [0, 0.1) is 6.92 Å². The first-order chi connectivity index (χ1) is 14.5. The minimum atomic E-state index is -0.175. The van der Waals surface area contributed by atoms with Crippen LogP contribution >= 0.6 is 0 Å². The van der Waals surface area contributed by atoms with Gasteiger partial charge in [-0.25, -0.2) is 0 Å². The number of hydrogen-bond acceptors (Lipinski definition) is 3. The molecular formula is C26H26N2O2. The maximum absolute atomic E-state index is 12.9. The Bertz CT molecular complexity index is 1050. The summed E-state index contributed by atoms with van der Waals surface area (Å²) in [6, 6.07) is 23.2. The zero-order valence-corrected chi connectivity index (χ0v) is 17.6. The average Bonchev–Trinajstić information content (AvgIpc) is 2.77. The van der Waals surface area contributed by atoms with Crippen LogP contribution in [0.15, 0.2) is 84.6 Å². The van der Waals surface area contributed by atoms with Gasteiger partial charge >= 0.3 is 0 Å². The van der Waals surface area contributed by atoms with Crippen LogP contribution in [0.3, 0.4) is 0 Å². The number of carbonyl (C=O) groups excluding carboxylic acids is 2. The minimum absolute atomic E-state index is 0.175. The van der Waals surface area contributed by atoms with Crippen LogP contribution in [0.2, 0.25) is 0 Å². The average molecular weight is 399 g/mol. The number of nitrogens with zero attached hydrogens (tertiary/aromatic N) is 1. The van der Waals surface area contributed by atoms with E-state index in [4.69, 9.17) is 0 Å². The van der Waals surface area contributed by atoms with Crippen molar-refractivity contribution in [3.63, 3.8) is 0 Å². The number of amides is 1. The van der Waals surface area contributed by atoms with Crippen molar-refractivity contribution in [3.8, 4) is 0 Å². The number of benzene rings is 3. The van der Waals surface area contributed by atoms with Crippen LogP contribution in [0.4, 0.5) is 17.1 Å². The molecule has 0 aromatic heterocycles. The molecule has 0 heterocycles. The van der Waals surface area contributed by atoms with Crippen LogP contribution in [-0.4, -0.2) is 12.2 Å². The Morgan fingerprint density at radius 2 is 1.70 bits per heavy atom. The number of carbonyl (C=O) groups is 2. The van der Waals surface area contributed by atoms with Crippen LogP contribution < -0.4 is 10.2 Å². The third-order valence-electron chi connectivity index (χ3n) is 5.03. The van der Waals surface area contributed by atoms with Crippen LogP contribution in [0.1, 0.15) is 35.3 Å². The SMILES string of the molecule is C/C=C(/C)N(c1ccccc1)c1cc(C(=O)Nc2ccc(CC=O)cc2)ccc1C. The lowest BCUT2D eigenvalue weighted by Crippen LogP contribution is -2.17. The van der Waals surface area contributed by atoms with E-state index in [1.807, 2.05) is 74.5 Å². The predicted octanol–water partition coefficient (Wildman–Crippen LogP) is 6.05. The van der Waals surface area contributed by atoms with Crippen molar-refractivity contribution in [2.75, 3.05) is 10.2 Å². The van der Waals surface area contributed by atoms with Gasteiger partial charge in [-0.3, -0.25) is 4.79 Å². The van der Waals surface area contributed by atoms with Crippen molar-refractivity contribution in [1.29, 1.82) is 0 Å². The van der Waals surface area contributed by atoms with Gasteiger partial charge in [0.25, 0.3) is 5.91 Å². The molecule has 0 fully saturated rings. The van der Waals surface area contributed by atoms with Gasteiger partial charge in [0.1, 0.15) is 6.29 Å². The summed E-state index contributed by atoms with van der Waals surface area (Å²) >= 11 is 0. The largest absolute Gasteiger partial charge is 0.322 e. The lowest BCUT2D eigenvalue weighted by molar-refractivity contribution is -0.107. The number of rotatable bonds is 7. The highest BCUT2D eigenvalue weighted by atomic mass is 16.1. The molecule has 30 heavy (non-hydrogen) atoms. The monoisotopic (exact) mass is 398 g/mol. The van der Waals surface area contributed by atoms with Crippen molar-refractivity contribution in [1.82, 2.24) is 0 Å². The minimum Gasteiger partial charge on any atom is -0.322 e. The number of nitrogens with one attached hydrogen (secondary N) is 1. The molecule has 0 atom stereocenters. The lowest BCUT2D eigenvalue weighted by atomic mass is 10.1. The molecule has 0 unspecified atom stereocenters. The number of para-hydroxylation sites is 1. The van der Waals surface area contributed by atoms with Gasteiger partial charge in [0.15, 0.2) is 0 Å². The summed E-state index contributed by atoms with van der Waals surface area (Å²) in [6.45, 7) is 6.10. The van der Waals surface area contributed by atoms with E-state index >= 15 is 0 Å². The van der Waals surface area contributed by atoms with Gasteiger partial charge in [-0.05, 0) is 68.3 Å². The number of aldehydes is 1. The molecule has 1 N–H and O–H groups in total. The Balaban J connectivity index is 1.91. The van der Waals surface area contributed by atoms with Gasteiger partial charge in [-0.15, -0.1) is 0 Å². The van der Waals surface area contributed by atoms with E-state index in [1.54, 1.807) is 0 Å². The molecule has 4 nitrogen and oxygen atoms in total. The Labute approximate surface area is 177 Å². The topological polar surface area (TPSA) is 49.4 Å². The van der Waals surface area contributed by atoms with Gasteiger partial charge in [0.05, 0.1) is 0 Å². The molecule has 1 amide bonds. The fourth-order valence-corrected chi connectivity index (χ4v) is 3.25. The third kappa shape index (κ3) is 4.84. The molecule has 0 saturated carbocycles. The van der Waals surface area contributed by atoms with E-state index in [0.717, 1.165) is 34.5 Å². The van der Waals surface area contributed by atoms with E-state index in [9.17, 15) is 9.59 Å². The van der Waals surface area contributed by atoms with Crippen LogP contribution in [0.5, 0.6) is 0 Å². The van der Waals surface area contributed by atoms with E-state index in [-0.39, 0.29) is 5.91 Å². The lowest BCUT2D eigenvalue weighted by Gasteiger charge is -2.28. The van der Waals surface area contributed by atoms with E-state index in [2.05, 4.69) is 35.3 Å². The summed E-state index contributed by atoms with van der Waals surface area (Å²) in [5, 5.41) is 2.94. The first-order valence-corrected chi connectivity index (χ1v) is 9.96. The normalized spacial score (nSPS) is 11.1. The highest BCUT2D eigenvalue weighted by molar-refractivity contribution is 6.05. The molecule has 0 aliphatic heterocycles. The van der Waals surface area contributed by atoms with Crippen molar-refractivity contribution in [3.05, 3.63) is 101 Å². The van der Waals surface area contributed by atoms with Crippen molar-refractivity contribution in [2.45, 2.75) is 27.2 Å². The van der Waals surface area contributed by atoms with E-state index < -0.39 is 0 Å². The number of aryl methyl sites for hydroxylation is 1. The molecule has 0 radical (unpaired) electrons. The molecule has 4 heteroatoms. The van der Waals surface area contributed by atoms with Crippen LogP contribution in [-0.2, 0) is 11.2 Å². The Morgan fingerprint density at radius 1 is 1.00 bits per heavy atom. The van der Waals surface area contributed by atoms with Gasteiger partial charge in [-0.1, -0.05) is 42.5 Å². The fraction of sp³-hybridized carbons (Fsp3) is 0.154. The van der Waals surface area contributed by atoms with Crippen molar-refractivity contribution >= 4 is 29.3 Å². The highest BCUT2D eigenvalue weighted by Crippen LogP contribution is 2.33. The van der Waals surface area contributed by atoms with Crippen molar-refractivity contribution in [2.24, 2.45) is 0 Å². The summed E-state index contributed by atoms with van der Waals surface area (Å²) in [5.74, 6) is -0.175. The number of hydrogen-bond donors (Lipinski definition) is 1. The summed E-state index contributed by atoms with van der Waals surface area (Å²) in [6.07, 6.45) is 3.29. The Kier molecular flexibility index (Phi) is 6.81. The van der Waals surface area contributed by atoms with Gasteiger partial charge in [-0.2, -0.15) is 0 Å². The second-order valence-corrected chi connectivity index (χ2v) is 7.12. The first kappa shape index (κ1) is 21.1. The summed E-state index contributed by atoms with van der Waals surface area (Å²) in [7, 11) is 0.